The van der Waals surface area contributed by atoms with Crippen molar-refractivity contribution >= 4 is 22.8 Å². The van der Waals surface area contributed by atoms with E-state index in [0.29, 0.717) is 0 Å². The molecular weight excluding hydrogens is 392 g/mol. The third-order valence-corrected chi connectivity index (χ3v) is 6.50. The quantitative estimate of drug-likeness (QED) is 0.477. The number of allylic oxidation sites excluding steroid dienone is 12. The van der Waals surface area contributed by atoms with E-state index < -0.39 is 0 Å². The van der Waals surface area contributed by atoms with Gasteiger partial charge >= 0.3 is 0 Å². The van der Waals surface area contributed by atoms with Gasteiger partial charge < -0.3 is 0 Å². The molecule has 0 radical (unpaired) electrons. The molecule has 0 amide bonds. The van der Waals surface area contributed by atoms with Crippen LogP contribution in [0.15, 0.2) is 113 Å². The van der Waals surface area contributed by atoms with E-state index in [0.717, 1.165) is 69.6 Å². The monoisotopic (exact) mass is 420 g/mol. The number of fused-ring (bicyclic) bond motifs is 4. The number of nitrogens with zero attached hydrogens (tertiary/aromatic N) is 4. The molecule has 5 aliphatic heterocycles. The van der Waals surface area contributed by atoms with Gasteiger partial charge in [0.15, 0.2) is 0 Å². The zero-order valence-electron chi connectivity index (χ0n) is 19.7. The molecule has 0 spiro atoms. The van der Waals surface area contributed by atoms with E-state index in [-0.39, 0.29) is 0 Å². The molecule has 8 bridgehead atoms. The lowest BCUT2D eigenvalue weighted by Crippen LogP contribution is -2.05. The molecule has 0 aromatic heterocycles. The highest BCUT2D eigenvalue weighted by atomic mass is 14.9. The largest absolute Gasteiger partial charge is 0.249 e. The van der Waals surface area contributed by atoms with Crippen molar-refractivity contribution in [1.82, 2.24) is 0 Å². The van der Waals surface area contributed by atoms with Crippen molar-refractivity contribution in [3.8, 4) is 0 Å². The molecule has 0 unspecified atom stereocenters. The van der Waals surface area contributed by atoms with E-state index in [4.69, 9.17) is 20.0 Å². The Hall–Kier alpha value is -3.40. The summed E-state index contributed by atoms with van der Waals surface area (Å²) in [6.07, 6.45) is 14.5. The highest BCUT2D eigenvalue weighted by molar-refractivity contribution is 6.20. The zero-order valence-corrected chi connectivity index (χ0v) is 19.7. The molecule has 0 saturated heterocycles. The molecule has 0 fully saturated rings. The average molecular weight is 421 g/mol. The van der Waals surface area contributed by atoms with Crippen LogP contribution in [0.5, 0.6) is 0 Å². The van der Waals surface area contributed by atoms with Gasteiger partial charge in [0.2, 0.25) is 0 Å². The van der Waals surface area contributed by atoms with E-state index >= 15 is 0 Å². The second-order valence-corrected chi connectivity index (χ2v) is 8.78. The van der Waals surface area contributed by atoms with Crippen molar-refractivity contribution in [2.24, 2.45) is 20.0 Å². The van der Waals surface area contributed by atoms with Crippen molar-refractivity contribution in [1.29, 1.82) is 0 Å². The zero-order chi connectivity index (χ0) is 22.6. The first-order valence-corrected chi connectivity index (χ1v) is 11.4. The topological polar surface area (TPSA) is 49.4 Å². The average Bonchev–Trinajstić information content (AvgIpc) is 3.46. The van der Waals surface area contributed by atoms with Crippen molar-refractivity contribution in [2.75, 3.05) is 0 Å². The van der Waals surface area contributed by atoms with Crippen LogP contribution >= 0.6 is 0 Å². The lowest BCUT2D eigenvalue weighted by Gasteiger charge is -2.11. The number of hydrogen-bond acceptors (Lipinski definition) is 4. The fraction of sp³-hybridized carbons (Fsp3) is 0.286. The van der Waals surface area contributed by atoms with Crippen LogP contribution in [0.3, 0.4) is 0 Å². The van der Waals surface area contributed by atoms with Crippen LogP contribution in [-0.4, -0.2) is 22.8 Å². The van der Waals surface area contributed by atoms with Gasteiger partial charge in [0, 0.05) is 5.57 Å². The van der Waals surface area contributed by atoms with Crippen LogP contribution in [0.25, 0.3) is 0 Å². The predicted molar refractivity (Wildman–Crippen MR) is 136 cm³/mol. The van der Waals surface area contributed by atoms with Gasteiger partial charge in [-0.1, -0.05) is 13.8 Å². The molecule has 0 aromatic carbocycles. The number of aliphatic imine (C=N–C) groups is 4. The summed E-state index contributed by atoms with van der Waals surface area (Å²) in [4.78, 5) is 19.9. The highest BCUT2D eigenvalue weighted by Crippen LogP contribution is 2.36. The minimum Gasteiger partial charge on any atom is -0.249 e. The summed E-state index contributed by atoms with van der Waals surface area (Å²) < 4.78 is 0. The summed E-state index contributed by atoms with van der Waals surface area (Å²) in [5.74, 6) is 0. The van der Waals surface area contributed by atoms with Crippen LogP contribution in [0.1, 0.15) is 54.4 Å². The van der Waals surface area contributed by atoms with Crippen LogP contribution in [-0.2, 0) is 0 Å². The van der Waals surface area contributed by atoms with Crippen molar-refractivity contribution in [2.45, 2.75) is 54.4 Å². The summed E-state index contributed by atoms with van der Waals surface area (Å²) in [7, 11) is 0. The summed E-state index contributed by atoms with van der Waals surface area (Å²) in [5.41, 5.74) is 15.1. The van der Waals surface area contributed by atoms with Gasteiger partial charge in [0.25, 0.3) is 0 Å². The molecule has 0 N–H and O–H groups in total. The first-order valence-electron chi connectivity index (χ1n) is 11.4. The SMILES string of the molecule is CCC1=C(C)C2=NC1=C(CC)C1=NC(=CC3=NC(=CC4=NC(=C2)C(C)=C4)C=C3C)C=C1C. The maximum atomic E-state index is 5.13. The van der Waals surface area contributed by atoms with Gasteiger partial charge in [0.1, 0.15) is 0 Å². The molecule has 0 aliphatic carbocycles. The Morgan fingerprint density at radius 2 is 1.31 bits per heavy atom. The van der Waals surface area contributed by atoms with Gasteiger partial charge in [-0.3, -0.25) is 0 Å². The molecule has 32 heavy (non-hydrogen) atoms. The maximum absolute atomic E-state index is 5.13. The Balaban J connectivity index is 1.79. The Morgan fingerprint density at radius 3 is 2.06 bits per heavy atom. The van der Waals surface area contributed by atoms with Crippen LogP contribution in [0.2, 0.25) is 0 Å². The fourth-order valence-electron chi connectivity index (χ4n) is 4.76. The van der Waals surface area contributed by atoms with Crippen LogP contribution < -0.4 is 0 Å². The molecular formula is C28H28N4. The van der Waals surface area contributed by atoms with Crippen molar-refractivity contribution in [3.05, 3.63) is 92.7 Å². The molecule has 0 saturated carbocycles. The Morgan fingerprint density at radius 1 is 0.594 bits per heavy atom. The standard InChI is InChI=1S/C28H28N4/c1-7-22-18(6)26-14-25-16(4)10-20(30-25)12-19-9-15(3)24(29-19)13-21-11-17(5)27(31-21)23(8-2)28(22)32-26/h9-14H,7-8H2,1-6H3. The maximum Gasteiger partial charge on any atom is 0.0725 e. The van der Waals surface area contributed by atoms with Crippen LogP contribution in [0.4, 0.5) is 0 Å². The third-order valence-electron chi connectivity index (χ3n) is 6.50. The highest BCUT2D eigenvalue weighted by Gasteiger charge is 2.26. The minimum atomic E-state index is 0.880. The van der Waals surface area contributed by atoms with Gasteiger partial charge in [-0.15, -0.1) is 0 Å². The predicted octanol–water partition coefficient (Wildman–Crippen LogP) is 6.70. The first-order chi connectivity index (χ1) is 15.4. The second-order valence-electron chi connectivity index (χ2n) is 8.78. The van der Waals surface area contributed by atoms with Crippen molar-refractivity contribution < 1.29 is 0 Å². The smallest absolute Gasteiger partial charge is 0.0725 e. The normalized spacial score (nSPS) is 22.1. The second kappa shape index (κ2) is 7.63. The first kappa shape index (κ1) is 20.5. The van der Waals surface area contributed by atoms with E-state index in [2.05, 4.69) is 71.9 Å². The van der Waals surface area contributed by atoms with E-state index in [9.17, 15) is 0 Å². The van der Waals surface area contributed by atoms with E-state index in [1.54, 1.807) is 0 Å². The molecule has 0 atom stereocenters. The van der Waals surface area contributed by atoms with Crippen LogP contribution in [0, 0.1) is 0 Å². The Bertz CT molecular complexity index is 1340. The van der Waals surface area contributed by atoms with E-state index in [1.807, 2.05) is 6.08 Å². The number of rotatable bonds is 2. The fourth-order valence-corrected chi connectivity index (χ4v) is 4.76. The molecule has 160 valence electrons. The van der Waals surface area contributed by atoms with Gasteiger partial charge in [-0.2, -0.15) is 0 Å². The molecule has 5 heterocycles. The lowest BCUT2D eigenvalue weighted by atomic mass is 9.94. The summed E-state index contributed by atoms with van der Waals surface area (Å²) in [5, 5.41) is 0. The molecule has 5 aliphatic rings. The number of hydrogen-bond donors (Lipinski definition) is 0. The minimum absolute atomic E-state index is 0.880. The van der Waals surface area contributed by atoms with Gasteiger partial charge in [0.05, 0.1) is 45.6 Å². The Kier molecular flexibility index (Phi) is 4.89. The molecule has 0 aromatic rings. The third kappa shape index (κ3) is 3.31. The molecule has 4 nitrogen and oxygen atoms in total. The summed E-state index contributed by atoms with van der Waals surface area (Å²) >= 11 is 0. The van der Waals surface area contributed by atoms with E-state index in [1.165, 1.54) is 22.3 Å². The lowest BCUT2D eigenvalue weighted by molar-refractivity contribution is 1.05. The van der Waals surface area contributed by atoms with Gasteiger partial charge in [-0.05, 0) is 105 Å². The molecule has 4 heteroatoms. The molecule has 5 rings (SSSR count). The van der Waals surface area contributed by atoms with Gasteiger partial charge in [-0.25, -0.2) is 20.0 Å². The summed E-state index contributed by atoms with van der Waals surface area (Å²) in [6, 6.07) is 0. The Labute approximate surface area is 190 Å². The van der Waals surface area contributed by atoms with Crippen molar-refractivity contribution in [3.63, 3.8) is 0 Å². The summed E-state index contributed by atoms with van der Waals surface area (Å²) in [6.45, 7) is 12.9.